The van der Waals surface area contributed by atoms with Crippen molar-refractivity contribution in [3.8, 4) is 0 Å². The van der Waals surface area contributed by atoms with Crippen molar-refractivity contribution in [2.45, 2.75) is 24.9 Å². The number of ketones is 1. The van der Waals surface area contributed by atoms with E-state index in [2.05, 4.69) is 5.32 Å². The molecule has 3 rings (SSSR count). The highest BCUT2D eigenvalue weighted by Crippen LogP contribution is 2.31. The first-order valence-electron chi connectivity index (χ1n) is 6.90. The van der Waals surface area contributed by atoms with E-state index in [-0.39, 0.29) is 17.9 Å². The van der Waals surface area contributed by atoms with Crippen LogP contribution in [0.4, 0.5) is 0 Å². The number of nitrogens with one attached hydrogen (secondary N) is 1. The second-order valence-electron chi connectivity index (χ2n) is 5.32. The van der Waals surface area contributed by atoms with E-state index in [1.54, 1.807) is 0 Å². The Labute approximate surface area is 134 Å². The second kappa shape index (κ2) is 6.18. The van der Waals surface area contributed by atoms with Crippen molar-refractivity contribution in [3.63, 3.8) is 0 Å². The van der Waals surface area contributed by atoms with Crippen LogP contribution in [-0.4, -0.2) is 5.78 Å². The lowest BCUT2D eigenvalue weighted by Crippen LogP contribution is -2.35. The average molecular weight is 320 g/mol. The summed E-state index contributed by atoms with van der Waals surface area (Å²) in [5.41, 5.74) is 2.18. The van der Waals surface area contributed by atoms with E-state index in [9.17, 15) is 4.79 Å². The van der Waals surface area contributed by atoms with E-state index >= 15 is 0 Å². The predicted molar refractivity (Wildman–Crippen MR) is 85.8 cm³/mol. The summed E-state index contributed by atoms with van der Waals surface area (Å²) >= 11 is 11.8. The third-order valence-corrected chi connectivity index (χ3v) is 4.31. The van der Waals surface area contributed by atoms with Crippen LogP contribution in [0, 0.1) is 0 Å². The molecule has 0 radical (unpaired) electrons. The molecular formula is C17H15Cl2NO. The Balaban J connectivity index is 1.82. The molecule has 1 N–H and O–H groups in total. The largest absolute Gasteiger partial charge is 0.302 e. The topological polar surface area (TPSA) is 29.1 Å². The molecule has 4 heteroatoms. The number of carbonyl (C=O) groups is 1. The molecule has 1 aliphatic heterocycles. The molecule has 21 heavy (non-hydrogen) atoms. The van der Waals surface area contributed by atoms with Gasteiger partial charge in [-0.3, -0.25) is 4.79 Å². The minimum atomic E-state index is 0.0317. The summed E-state index contributed by atoms with van der Waals surface area (Å²) in [6, 6.07) is 15.4. The quantitative estimate of drug-likeness (QED) is 0.867. The molecule has 2 nitrogen and oxygen atoms in total. The summed E-state index contributed by atoms with van der Waals surface area (Å²) in [7, 11) is 0. The summed E-state index contributed by atoms with van der Waals surface area (Å²) in [6.07, 6.45) is 1.04. The van der Waals surface area contributed by atoms with Gasteiger partial charge in [0.1, 0.15) is 5.78 Å². The normalized spacial score (nSPS) is 22.3. The van der Waals surface area contributed by atoms with Gasteiger partial charge in [-0.1, -0.05) is 47.5 Å². The van der Waals surface area contributed by atoms with Crippen molar-refractivity contribution >= 4 is 29.0 Å². The van der Waals surface area contributed by atoms with Crippen LogP contribution in [-0.2, 0) is 4.79 Å². The van der Waals surface area contributed by atoms with Crippen LogP contribution < -0.4 is 5.32 Å². The standard InChI is InChI=1S/C17H15Cl2NO/c18-13-5-1-11(2-6-13)16-9-15(21)10-17(20-16)12-3-7-14(19)8-4-12/h1-8,16-17,20H,9-10H2. The molecule has 1 aliphatic rings. The van der Waals surface area contributed by atoms with Crippen molar-refractivity contribution in [1.29, 1.82) is 0 Å². The molecule has 1 saturated heterocycles. The maximum Gasteiger partial charge on any atom is 0.136 e. The number of piperidine rings is 1. The van der Waals surface area contributed by atoms with Crippen molar-refractivity contribution in [2.75, 3.05) is 0 Å². The van der Waals surface area contributed by atoms with Crippen LogP contribution >= 0.6 is 23.2 Å². The fourth-order valence-corrected chi connectivity index (χ4v) is 2.97. The monoisotopic (exact) mass is 319 g/mol. The fourth-order valence-electron chi connectivity index (χ4n) is 2.72. The van der Waals surface area contributed by atoms with Crippen molar-refractivity contribution in [2.24, 2.45) is 0 Å². The number of benzene rings is 2. The van der Waals surface area contributed by atoms with Gasteiger partial charge < -0.3 is 5.32 Å². The molecular weight excluding hydrogens is 305 g/mol. The van der Waals surface area contributed by atoms with Gasteiger partial charge in [-0.05, 0) is 35.4 Å². The molecule has 2 atom stereocenters. The fraction of sp³-hybridized carbons (Fsp3) is 0.235. The predicted octanol–water partition coefficient (Wildman–Crippen LogP) is 4.73. The Hall–Kier alpha value is -1.35. The second-order valence-corrected chi connectivity index (χ2v) is 6.19. The number of rotatable bonds is 2. The highest BCUT2D eigenvalue weighted by Gasteiger charge is 2.28. The van der Waals surface area contributed by atoms with Crippen LogP contribution in [0.1, 0.15) is 36.1 Å². The van der Waals surface area contributed by atoms with Gasteiger partial charge in [0.25, 0.3) is 0 Å². The minimum Gasteiger partial charge on any atom is -0.302 e. The maximum atomic E-state index is 12.1. The zero-order valence-corrected chi connectivity index (χ0v) is 12.9. The SMILES string of the molecule is O=C1CC(c2ccc(Cl)cc2)NC(c2ccc(Cl)cc2)C1. The Morgan fingerprint density at radius 3 is 1.52 bits per heavy atom. The first kappa shape index (κ1) is 14.6. The van der Waals surface area contributed by atoms with Crippen LogP contribution in [0.5, 0.6) is 0 Å². The van der Waals surface area contributed by atoms with Gasteiger partial charge in [0.05, 0.1) is 0 Å². The molecule has 2 unspecified atom stereocenters. The molecule has 0 aromatic heterocycles. The summed E-state index contributed by atoms with van der Waals surface area (Å²) in [4.78, 5) is 12.1. The van der Waals surface area contributed by atoms with Crippen LogP contribution in [0.3, 0.4) is 0 Å². The molecule has 0 amide bonds. The first-order chi connectivity index (χ1) is 10.1. The number of hydrogen-bond acceptors (Lipinski definition) is 2. The van der Waals surface area contributed by atoms with Crippen molar-refractivity contribution < 1.29 is 4.79 Å². The van der Waals surface area contributed by atoms with Gasteiger partial charge in [0.2, 0.25) is 0 Å². The molecule has 1 heterocycles. The third kappa shape index (κ3) is 3.46. The van der Waals surface area contributed by atoms with Gasteiger partial charge in [0.15, 0.2) is 0 Å². The minimum absolute atomic E-state index is 0.0317. The lowest BCUT2D eigenvalue weighted by Gasteiger charge is -2.31. The van der Waals surface area contributed by atoms with E-state index in [0.29, 0.717) is 22.9 Å². The van der Waals surface area contributed by atoms with Gasteiger partial charge in [-0.2, -0.15) is 0 Å². The van der Waals surface area contributed by atoms with Crippen LogP contribution in [0.25, 0.3) is 0 Å². The molecule has 2 aromatic carbocycles. The summed E-state index contributed by atoms with van der Waals surface area (Å²) < 4.78 is 0. The summed E-state index contributed by atoms with van der Waals surface area (Å²) in [5.74, 6) is 0.272. The van der Waals surface area contributed by atoms with Crippen LogP contribution in [0.15, 0.2) is 48.5 Å². The Morgan fingerprint density at radius 1 is 0.762 bits per heavy atom. The third-order valence-electron chi connectivity index (χ3n) is 3.81. The van der Waals surface area contributed by atoms with Crippen LogP contribution in [0.2, 0.25) is 10.0 Å². The molecule has 108 valence electrons. The van der Waals surface area contributed by atoms with Gasteiger partial charge >= 0.3 is 0 Å². The molecule has 2 aromatic rings. The van der Waals surface area contributed by atoms with E-state index in [0.717, 1.165) is 11.1 Å². The summed E-state index contributed by atoms with van der Waals surface area (Å²) in [6.45, 7) is 0. The Bertz CT molecular complexity index is 581. The van der Waals surface area contributed by atoms with E-state index in [1.807, 2.05) is 48.5 Å². The first-order valence-corrected chi connectivity index (χ1v) is 7.66. The highest BCUT2D eigenvalue weighted by atomic mass is 35.5. The number of Topliss-reactive ketones (excluding diaryl/α,β-unsaturated/α-hetero) is 1. The Morgan fingerprint density at radius 2 is 1.14 bits per heavy atom. The molecule has 0 saturated carbocycles. The van der Waals surface area contributed by atoms with Gasteiger partial charge in [-0.15, -0.1) is 0 Å². The smallest absolute Gasteiger partial charge is 0.136 e. The Kier molecular flexibility index (Phi) is 4.29. The number of halogens is 2. The average Bonchev–Trinajstić information content (AvgIpc) is 2.48. The number of carbonyl (C=O) groups excluding carboxylic acids is 1. The van der Waals surface area contributed by atoms with E-state index < -0.39 is 0 Å². The lowest BCUT2D eigenvalue weighted by molar-refractivity contribution is -0.121. The van der Waals surface area contributed by atoms with Gasteiger partial charge in [0, 0.05) is 35.0 Å². The summed E-state index contributed by atoms with van der Waals surface area (Å²) in [5, 5.41) is 4.96. The highest BCUT2D eigenvalue weighted by molar-refractivity contribution is 6.30. The maximum absolute atomic E-state index is 12.1. The van der Waals surface area contributed by atoms with Crippen molar-refractivity contribution in [1.82, 2.24) is 5.32 Å². The van der Waals surface area contributed by atoms with E-state index in [1.165, 1.54) is 0 Å². The molecule has 0 aliphatic carbocycles. The van der Waals surface area contributed by atoms with E-state index in [4.69, 9.17) is 23.2 Å². The number of hydrogen-bond donors (Lipinski definition) is 1. The zero-order valence-electron chi connectivity index (χ0n) is 11.4. The lowest BCUT2D eigenvalue weighted by atomic mass is 9.89. The van der Waals surface area contributed by atoms with Gasteiger partial charge in [-0.25, -0.2) is 0 Å². The molecule has 1 fully saturated rings. The van der Waals surface area contributed by atoms with Crippen molar-refractivity contribution in [3.05, 3.63) is 69.7 Å². The zero-order chi connectivity index (χ0) is 14.8. The molecule has 0 spiro atoms. The molecule has 0 bridgehead atoms.